The second-order valence-corrected chi connectivity index (χ2v) is 6.24. The third-order valence-corrected chi connectivity index (χ3v) is 4.18. The van der Waals surface area contributed by atoms with Crippen LogP contribution in [0, 0.1) is 5.82 Å². The molecule has 0 aliphatic rings. The number of nitrogens with one attached hydrogen (secondary N) is 1. The molecule has 5 nitrogen and oxygen atoms in total. The molecular weight excluding hydrogens is 359 g/mol. The lowest BCUT2D eigenvalue weighted by molar-refractivity contribution is -0.137. The van der Waals surface area contributed by atoms with E-state index in [9.17, 15) is 14.0 Å². The fourth-order valence-corrected chi connectivity index (χ4v) is 2.88. The number of carbonyl (C=O) groups excluding carboxylic acids is 2. The van der Waals surface area contributed by atoms with E-state index in [1.807, 2.05) is 30.3 Å². The quantitative estimate of drug-likeness (QED) is 0.496. The Balaban J connectivity index is 1.83. The molecule has 0 bridgehead atoms. The largest absolute Gasteiger partial charge is 0.463 e. The molecule has 0 unspecified atom stereocenters. The number of aromatic amines is 1. The second-order valence-electron chi connectivity index (χ2n) is 6.24. The standard InChI is InChI=1S/C22H21FN2O3/c1-2-28-21(26)9-6-12-25(15-16-7-4-3-5-8-16)22(27)20-14-17-13-18(23)10-11-19(17)24-20/h3-11,13-14,24H,2,12,15H2,1H3/b9-6+. The lowest BCUT2D eigenvalue weighted by Gasteiger charge is -2.20. The number of H-pyrrole nitrogens is 1. The SMILES string of the molecule is CCOC(=O)/C=C/CN(Cc1ccccc1)C(=O)c1cc2cc(F)ccc2[nH]1. The number of halogens is 1. The minimum Gasteiger partial charge on any atom is -0.463 e. The molecule has 0 fully saturated rings. The summed E-state index contributed by atoms with van der Waals surface area (Å²) in [5.41, 5.74) is 2.01. The first kappa shape index (κ1) is 19.4. The van der Waals surface area contributed by atoms with E-state index in [4.69, 9.17) is 4.74 Å². The van der Waals surface area contributed by atoms with Crippen LogP contribution >= 0.6 is 0 Å². The van der Waals surface area contributed by atoms with Gasteiger partial charge in [-0.25, -0.2) is 9.18 Å². The summed E-state index contributed by atoms with van der Waals surface area (Å²) in [6.45, 7) is 2.63. The van der Waals surface area contributed by atoms with Crippen molar-refractivity contribution in [3.8, 4) is 0 Å². The van der Waals surface area contributed by atoms with Crippen LogP contribution in [-0.2, 0) is 16.1 Å². The van der Waals surface area contributed by atoms with E-state index in [-0.39, 0.29) is 18.3 Å². The maximum absolute atomic E-state index is 13.4. The number of rotatable bonds is 7. The molecule has 1 aromatic heterocycles. The van der Waals surface area contributed by atoms with Gasteiger partial charge in [-0.2, -0.15) is 0 Å². The summed E-state index contributed by atoms with van der Waals surface area (Å²) in [4.78, 5) is 29.2. The van der Waals surface area contributed by atoms with Gasteiger partial charge in [0.25, 0.3) is 5.91 Å². The summed E-state index contributed by atoms with van der Waals surface area (Å²) in [6, 6.07) is 15.5. The number of fused-ring (bicyclic) bond motifs is 1. The Morgan fingerprint density at radius 3 is 2.68 bits per heavy atom. The van der Waals surface area contributed by atoms with Crippen LogP contribution in [0.3, 0.4) is 0 Å². The summed E-state index contributed by atoms with van der Waals surface area (Å²) in [5.74, 6) is -1.05. The van der Waals surface area contributed by atoms with Gasteiger partial charge in [-0.1, -0.05) is 36.4 Å². The van der Waals surface area contributed by atoms with Crippen LogP contribution in [0.5, 0.6) is 0 Å². The summed E-state index contributed by atoms with van der Waals surface area (Å²) in [7, 11) is 0. The van der Waals surface area contributed by atoms with E-state index in [1.54, 1.807) is 30.0 Å². The molecule has 0 atom stereocenters. The van der Waals surface area contributed by atoms with Crippen LogP contribution in [0.2, 0.25) is 0 Å². The molecule has 1 N–H and O–H groups in total. The van der Waals surface area contributed by atoms with Gasteiger partial charge < -0.3 is 14.6 Å². The zero-order valence-corrected chi connectivity index (χ0v) is 15.5. The first-order chi connectivity index (χ1) is 13.6. The Hall–Kier alpha value is -3.41. The van der Waals surface area contributed by atoms with Gasteiger partial charge in [0, 0.05) is 30.1 Å². The molecule has 1 amide bonds. The summed E-state index contributed by atoms with van der Waals surface area (Å²) in [5, 5.41) is 0.630. The monoisotopic (exact) mass is 380 g/mol. The predicted octanol–water partition coefficient (Wildman–Crippen LogP) is 4.07. The van der Waals surface area contributed by atoms with E-state index < -0.39 is 5.97 Å². The topological polar surface area (TPSA) is 62.4 Å². The molecule has 0 radical (unpaired) electrons. The minimum absolute atomic E-state index is 0.232. The fraction of sp³-hybridized carbons (Fsp3) is 0.182. The predicted molar refractivity (Wildman–Crippen MR) is 105 cm³/mol. The zero-order valence-electron chi connectivity index (χ0n) is 15.5. The van der Waals surface area contributed by atoms with Crippen molar-refractivity contribution in [2.75, 3.05) is 13.2 Å². The van der Waals surface area contributed by atoms with Crippen LogP contribution in [0.4, 0.5) is 4.39 Å². The van der Waals surface area contributed by atoms with Crippen molar-refractivity contribution < 1.29 is 18.7 Å². The normalized spacial score (nSPS) is 11.1. The Kier molecular flexibility index (Phi) is 6.22. The van der Waals surface area contributed by atoms with Crippen molar-refractivity contribution in [1.82, 2.24) is 9.88 Å². The third-order valence-electron chi connectivity index (χ3n) is 4.18. The average Bonchev–Trinajstić information content (AvgIpc) is 3.11. The van der Waals surface area contributed by atoms with Gasteiger partial charge in [0.2, 0.25) is 0 Å². The van der Waals surface area contributed by atoms with Crippen molar-refractivity contribution in [3.05, 3.63) is 83.8 Å². The maximum Gasteiger partial charge on any atom is 0.330 e. The number of hydrogen-bond acceptors (Lipinski definition) is 3. The van der Waals surface area contributed by atoms with Gasteiger partial charge in [-0.3, -0.25) is 4.79 Å². The minimum atomic E-state index is -0.448. The zero-order chi connectivity index (χ0) is 19.9. The van der Waals surface area contributed by atoms with Crippen molar-refractivity contribution in [2.45, 2.75) is 13.5 Å². The van der Waals surface area contributed by atoms with Crippen LogP contribution in [0.25, 0.3) is 10.9 Å². The molecule has 2 aromatic carbocycles. The Bertz CT molecular complexity index is 995. The van der Waals surface area contributed by atoms with Crippen molar-refractivity contribution in [1.29, 1.82) is 0 Å². The molecular formula is C22H21FN2O3. The molecule has 3 aromatic rings. The molecule has 0 spiro atoms. The molecule has 0 aliphatic carbocycles. The highest BCUT2D eigenvalue weighted by Gasteiger charge is 2.18. The highest BCUT2D eigenvalue weighted by molar-refractivity contribution is 5.98. The smallest absolute Gasteiger partial charge is 0.330 e. The fourth-order valence-electron chi connectivity index (χ4n) is 2.88. The number of nitrogens with zero attached hydrogens (tertiary/aromatic N) is 1. The van der Waals surface area contributed by atoms with E-state index >= 15 is 0 Å². The van der Waals surface area contributed by atoms with Crippen molar-refractivity contribution >= 4 is 22.8 Å². The molecule has 6 heteroatoms. The molecule has 1 heterocycles. The number of benzene rings is 2. The first-order valence-corrected chi connectivity index (χ1v) is 9.01. The molecule has 0 aliphatic heterocycles. The van der Waals surface area contributed by atoms with Crippen LogP contribution in [0.1, 0.15) is 23.0 Å². The van der Waals surface area contributed by atoms with Gasteiger partial charge >= 0.3 is 5.97 Å². The van der Waals surface area contributed by atoms with Crippen LogP contribution in [0.15, 0.2) is 66.7 Å². The van der Waals surface area contributed by atoms with E-state index in [0.29, 0.717) is 29.7 Å². The van der Waals surface area contributed by atoms with Crippen molar-refractivity contribution in [2.24, 2.45) is 0 Å². The Morgan fingerprint density at radius 2 is 1.93 bits per heavy atom. The van der Waals surface area contributed by atoms with Gasteiger partial charge in [-0.05, 0) is 36.8 Å². The van der Waals surface area contributed by atoms with Crippen LogP contribution < -0.4 is 0 Å². The van der Waals surface area contributed by atoms with E-state index in [2.05, 4.69) is 4.98 Å². The Morgan fingerprint density at radius 1 is 1.14 bits per heavy atom. The highest BCUT2D eigenvalue weighted by Crippen LogP contribution is 2.18. The van der Waals surface area contributed by atoms with E-state index in [0.717, 1.165) is 5.56 Å². The third kappa shape index (κ3) is 4.85. The van der Waals surface area contributed by atoms with Crippen LogP contribution in [-0.4, -0.2) is 34.9 Å². The molecule has 3 rings (SSSR count). The summed E-state index contributed by atoms with van der Waals surface area (Å²) >= 11 is 0. The lowest BCUT2D eigenvalue weighted by atomic mass is 10.2. The van der Waals surface area contributed by atoms with Gasteiger partial charge in [0.05, 0.1) is 6.61 Å². The molecule has 0 saturated heterocycles. The number of ether oxygens (including phenoxy) is 1. The Labute approximate surface area is 162 Å². The first-order valence-electron chi connectivity index (χ1n) is 9.01. The summed E-state index contributed by atoms with van der Waals surface area (Å²) < 4.78 is 18.3. The molecule has 28 heavy (non-hydrogen) atoms. The average molecular weight is 380 g/mol. The number of hydrogen-bond donors (Lipinski definition) is 1. The molecule has 0 saturated carbocycles. The number of aromatic nitrogens is 1. The number of esters is 1. The highest BCUT2D eigenvalue weighted by atomic mass is 19.1. The lowest BCUT2D eigenvalue weighted by Crippen LogP contribution is -2.31. The number of carbonyl (C=O) groups is 2. The second kappa shape index (κ2) is 8.99. The maximum atomic E-state index is 13.4. The number of amides is 1. The van der Waals surface area contributed by atoms with Gasteiger partial charge in [0.1, 0.15) is 11.5 Å². The van der Waals surface area contributed by atoms with Gasteiger partial charge in [-0.15, -0.1) is 0 Å². The van der Waals surface area contributed by atoms with E-state index in [1.165, 1.54) is 18.2 Å². The van der Waals surface area contributed by atoms with Gasteiger partial charge in [0.15, 0.2) is 0 Å². The molecule has 144 valence electrons. The summed E-state index contributed by atoms with van der Waals surface area (Å²) in [6.07, 6.45) is 2.91. The van der Waals surface area contributed by atoms with Crippen molar-refractivity contribution in [3.63, 3.8) is 0 Å².